The van der Waals surface area contributed by atoms with Crippen molar-refractivity contribution in [3.05, 3.63) is 46.8 Å². The van der Waals surface area contributed by atoms with Gasteiger partial charge >= 0.3 is 0 Å². The third-order valence-electron chi connectivity index (χ3n) is 3.50. The van der Waals surface area contributed by atoms with E-state index in [1.54, 1.807) is 0 Å². The Morgan fingerprint density at radius 3 is 2.40 bits per heavy atom. The third-order valence-corrected chi connectivity index (χ3v) is 3.50. The smallest absolute Gasteiger partial charge is 0.203 e. The van der Waals surface area contributed by atoms with E-state index in [1.165, 1.54) is 11.1 Å². The highest BCUT2D eigenvalue weighted by molar-refractivity contribution is 5.77. The molecule has 1 aromatic rings. The van der Waals surface area contributed by atoms with Crippen molar-refractivity contribution in [3.8, 4) is 11.5 Å². The van der Waals surface area contributed by atoms with E-state index in [-0.39, 0.29) is 12.4 Å². The molecule has 104 valence electrons. The maximum Gasteiger partial charge on any atom is 0.203 e. The molecule has 0 saturated carbocycles. The van der Waals surface area contributed by atoms with Crippen molar-refractivity contribution in [2.24, 2.45) is 0 Å². The van der Waals surface area contributed by atoms with Gasteiger partial charge in [0.05, 0.1) is 6.07 Å². The first-order chi connectivity index (χ1) is 9.04. The predicted molar refractivity (Wildman–Crippen MR) is 77.2 cm³/mol. The van der Waals surface area contributed by atoms with E-state index >= 15 is 0 Å². The molecule has 0 spiro atoms. The second kappa shape index (κ2) is 5.25. The standard InChI is InChI=1S/C16H17N2O.ClH/c1-10-7-14-15(8-11(10)2)19-16-9-12(18(3)4)5-6-13(16)17-14;/h5-9H,1-4H3;1H/q+1;/p-1. The van der Waals surface area contributed by atoms with Crippen LogP contribution in [0.15, 0.2) is 34.7 Å². The molecule has 1 aromatic carbocycles. The number of halogens is 1. The Bertz CT molecular complexity index is 816. The number of nitrogens with zero attached hydrogens (tertiary/aromatic N) is 2. The fourth-order valence-corrected chi connectivity index (χ4v) is 2.15. The summed E-state index contributed by atoms with van der Waals surface area (Å²) in [6.07, 6.45) is 0. The lowest BCUT2D eigenvalue weighted by Gasteiger charge is -2.07. The molecule has 0 fully saturated rings. The average molecular weight is 289 g/mol. The van der Waals surface area contributed by atoms with Gasteiger partial charge in [0.1, 0.15) is 25.3 Å². The van der Waals surface area contributed by atoms with Crippen LogP contribution in [-0.2, 0) is 0 Å². The summed E-state index contributed by atoms with van der Waals surface area (Å²) in [7, 11) is 4.03. The average Bonchev–Trinajstić information content (AvgIpc) is 2.37. The molecular formula is C16H17ClN2O. The quantitative estimate of drug-likeness (QED) is 0.416. The summed E-state index contributed by atoms with van der Waals surface area (Å²) < 4.78 is 8.04. The Balaban J connectivity index is 0.00000147. The van der Waals surface area contributed by atoms with Crippen molar-refractivity contribution < 1.29 is 16.8 Å². The summed E-state index contributed by atoms with van der Waals surface area (Å²) in [6.45, 7) is 4.18. The lowest BCUT2D eigenvalue weighted by Crippen LogP contribution is -3.00. The van der Waals surface area contributed by atoms with Crippen LogP contribution < -0.4 is 22.3 Å². The Morgan fingerprint density at radius 2 is 1.70 bits per heavy atom. The number of aryl methyl sites for hydroxylation is 2. The predicted octanol–water partition coefficient (Wildman–Crippen LogP) is -0.415. The third kappa shape index (κ3) is 2.41. The van der Waals surface area contributed by atoms with Crippen molar-refractivity contribution >= 4 is 11.1 Å². The summed E-state index contributed by atoms with van der Waals surface area (Å²) in [5.74, 6) is 0.821. The van der Waals surface area contributed by atoms with Gasteiger partial charge in [-0.3, -0.25) is 0 Å². The molecule has 0 bridgehead atoms. The zero-order valence-electron chi connectivity index (χ0n) is 12.1. The molecule has 0 radical (unpaired) electrons. The van der Waals surface area contributed by atoms with Crippen molar-refractivity contribution in [1.82, 2.24) is 9.56 Å². The molecular weight excluding hydrogens is 272 g/mol. The van der Waals surface area contributed by atoms with E-state index in [0.29, 0.717) is 0 Å². The lowest BCUT2D eigenvalue weighted by molar-refractivity contribution is -0.00000458. The maximum atomic E-state index is 5.98. The molecule has 1 aliphatic heterocycles. The number of benzene rings is 2. The van der Waals surface area contributed by atoms with Gasteiger partial charge in [-0.15, -0.1) is 0 Å². The fourth-order valence-electron chi connectivity index (χ4n) is 2.15. The van der Waals surface area contributed by atoms with Gasteiger partial charge in [-0.05, 0) is 43.2 Å². The minimum Gasteiger partial charge on any atom is -1.00 e. The van der Waals surface area contributed by atoms with Gasteiger partial charge in [0, 0.05) is 6.07 Å². The molecule has 0 atom stereocenters. The van der Waals surface area contributed by atoms with Crippen molar-refractivity contribution in [2.45, 2.75) is 13.8 Å². The first-order valence-electron chi connectivity index (χ1n) is 6.37. The van der Waals surface area contributed by atoms with Crippen LogP contribution in [0.1, 0.15) is 11.1 Å². The summed E-state index contributed by atoms with van der Waals surface area (Å²) in [5.41, 5.74) is 5.10. The largest absolute Gasteiger partial charge is 1.00 e. The van der Waals surface area contributed by atoms with E-state index < -0.39 is 0 Å². The molecule has 1 heterocycles. The molecule has 2 aliphatic rings. The number of aromatic nitrogens is 1. The van der Waals surface area contributed by atoms with Crippen LogP contribution in [0.3, 0.4) is 0 Å². The van der Waals surface area contributed by atoms with Crippen molar-refractivity contribution in [2.75, 3.05) is 14.1 Å². The van der Waals surface area contributed by atoms with E-state index in [9.17, 15) is 0 Å². The Morgan fingerprint density at radius 1 is 1.00 bits per heavy atom. The highest BCUT2D eigenvalue weighted by atomic mass is 35.5. The summed E-state index contributed by atoms with van der Waals surface area (Å²) in [5, 5.41) is 1.11. The van der Waals surface area contributed by atoms with Gasteiger partial charge in [0.15, 0.2) is 11.3 Å². The second-order valence-electron chi connectivity index (χ2n) is 5.16. The van der Waals surface area contributed by atoms with Gasteiger partial charge in [0.2, 0.25) is 5.36 Å². The Labute approximate surface area is 124 Å². The first-order valence-corrected chi connectivity index (χ1v) is 6.37. The van der Waals surface area contributed by atoms with Crippen LogP contribution in [0.25, 0.3) is 22.6 Å². The second-order valence-corrected chi connectivity index (χ2v) is 5.16. The van der Waals surface area contributed by atoms with Gasteiger partial charge in [-0.1, -0.05) is 0 Å². The zero-order valence-corrected chi connectivity index (χ0v) is 12.8. The number of rotatable bonds is 0. The summed E-state index contributed by atoms with van der Waals surface area (Å²) in [6, 6.07) is 10.2. The Hall–Kier alpha value is -1.87. The van der Waals surface area contributed by atoms with Gasteiger partial charge in [-0.2, -0.15) is 0 Å². The fraction of sp³-hybridized carbons (Fsp3) is 0.250. The molecule has 0 amide bonds. The summed E-state index contributed by atoms with van der Waals surface area (Å²) in [4.78, 5) is 4.67. The Kier molecular flexibility index (Phi) is 3.82. The van der Waals surface area contributed by atoms with Crippen molar-refractivity contribution in [1.29, 1.82) is 0 Å². The van der Waals surface area contributed by atoms with Gasteiger partial charge < -0.3 is 16.8 Å². The molecule has 0 saturated heterocycles. The topological polar surface area (TPSA) is 29.0 Å². The minimum atomic E-state index is 0. The molecule has 0 aromatic heterocycles. The van der Waals surface area contributed by atoms with Gasteiger partial charge in [0.25, 0.3) is 0 Å². The van der Waals surface area contributed by atoms with Crippen LogP contribution in [0.5, 0.6) is 0 Å². The van der Waals surface area contributed by atoms with Crippen LogP contribution in [-0.4, -0.2) is 19.1 Å². The van der Waals surface area contributed by atoms with Crippen LogP contribution in [0.2, 0.25) is 0 Å². The normalized spacial score (nSPS) is 10.6. The minimum absolute atomic E-state index is 0. The monoisotopic (exact) mass is 288 g/mol. The van der Waals surface area contributed by atoms with E-state index in [0.717, 1.165) is 27.9 Å². The lowest BCUT2D eigenvalue weighted by atomic mass is 10.1. The van der Waals surface area contributed by atoms with E-state index in [4.69, 9.17) is 4.42 Å². The highest BCUT2D eigenvalue weighted by Gasteiger charge is 2.11. The SMILES string of the molecule is Cc1cc2nc3ccc(=[N+](C)C)cc-3oc2cc1C.[Cl-]. The number of hydrogen-bond donors (Lipinski definition) is 0. The zero-order chi connectivity index (χ0) is 13.6. The number of fused-ring (bicyclic) bond motifs is 2. The van der Waals surface area contributed by atoms with Crippen LogP contribution in [0, 0.1) is 13.8 Å². The molecule has 20 heavy (non-hydrogen) atoms. The van der Waals surface area contributed by atoms with Gasteiger partial charge in [-0.25, -0.2) is 9.56 Å². The molecule has 0 unspecified atom stereocenters. The molecule has 1 aliphatic carbocycles. The van der Waals surface area contributed by atoms with Crippen LogP contribution >= 0.6 is 0 Å². The van der Waals surface area contributed by atoms with Crippen molar-refractivity contribution in [3.63, 3.8) is 0 Å². The molecule has 4 heteroatoms. The summed E-state index contributed by atoms with van der Waals surface area (Å²) >= 11 is 0. The number of hydrogen-bond acceptors (Lipinski definition) is 2. The van der Waals surface area contributed by atoms with E-state index in [1.807, 2.05) is 26.2 Å². The maximum absolute atomic E-state index is 5.98. The molecule has 3 nitrogen and oxygen atoms in total. The molecule has 3 rings (SSSR count). The van der Waals surface area contributed by atoms with Crippen LogP contribution in [0.4, 0.5) is 0 Å². The molecule has 0 N–H and O–H groups in total. The van der Waals surface area contributed by atoms with E-state index in [2.05, 4.69) is 41.6 Å². The first kappa shape index (κ1) is 14.5. The highest BCUT2D eigenvalue weighted by Crippen LogP contribution is 2.25.